The van der Waals surface area contributed by atoms with Gasteiger partial charge in [-0.15, -0.1) is 0 Å². The quantitative estimate of drug-likeness (QED) is 0.0244. The van der Waals surface area contributed by atoms with Crippen LogP contribution in [-0.4, -0.2) is 65.7 Å². The zero-order valence-corrected chi connectivity index (χ0v) is 32.5. The normalized spacial score (nSPS) is 14.3. The van der Waals surface area contributed by atoms with Crippen molar-refractivity contribution in [1.29, 1.82) is 0 Å². The molecule has 0 aliphatic rings. The maximum Gasteiger partial charge on any atom is 0.472 e. The lowest BCUT2D eigenvalue weighted by Crippen LogP contribution is -2.29. The molecule has 1 unspecified atom stereocenters. The Labute approximate surface area is 304 Å². The van der Waals surface area contributed by atoms with Crippen molar-refractivity contribution in [3.63, 3.8) is 0 Å². The van der Waals surface area contributed by atoms with Gasteiger partial charge in [0.15, 0.2) is 6.10 Å². The van der Waals surface area contributed by atoms with E-state index in [1.54, 1.807) is 0 Å². The number of aliphatic hydroxyl groups excluding tert-OH is 2. The predicted octanol–water partition coefficient (Wildman–Crippen LogP) is 9.83. The third-order valence-corrected chi connectivity index (χ3v) is 9.28. The largest absolute Gasteiger partial charge is 0.472 e. The molecule has 0 heterocycles. The number of carbonyl (C=O) groups excluding carboxylic acids is 2. The predicted molar refractivity (Wildman–Crippen MR) is 201 cm³/mol. The molecule has 0 aliphatic carbocycles. The minimum atomic E-state index is -4.61. The summed E-state index contributed by atoms with van der Waals surface area (Å²) in [5, 5.41) is 18.3. The third kappa shape index (κ3) is 34.9. The number of rotatable bonds is 37. The van der Waals surface area contributed by atoms with E-state index in [0.29, 0.717) is 12.8 Å². The zero-order chi connectivity index (χ0) is 37.0. The molecule has 3 atom stereocenters. The van der Waals surface area contributed by atoms with Crippen molar-refractivity contribution in [2.75, 3.05) is 26.4 Å². The number of esters is 2. The van der Waals surface area contributed by atoms with Crippen molar-refractivity contribution in [2.24, 2.45) is 0 Å². The summed E-state index contributed by atoms with van der Waals surface area (Å²) in [6, 6.07) is 0. The summed E-state index contributed by atoms with van der Waals surface area (Å²) in [6.07, 6.45) is 32.8. The van der Waals surface area contributed by atoms with Crippen molar-refractivity contribution >= 4 is 19.8 Å². The number of carbonyl (C=O) groups is 2. The van der Waals surface area contributed by atoms with E-state index in [2.05, 4.69) is 42.7 Å². The van der Waals surface area contributed by atoms with Crippen molar-refractivity contribution < 1.29 is 47.8 Å². The highest BCUT2D eigenvalue weighted by molar-refractivity contribution is 7.47. The molecule has 0 saturated carbocycles. The van der Waals surface area contributed by atoms with Crippen molar-refractivity contribution in [2.45, 2.75) is 187 Å². The van der Waals surface area contributed by atoms with Crippen LogP contribution < -0.4 is 0 Å². The van der Waals surface area contributed by atoms with Crippen LogP contribution in [0, 0.1) is 0 Å². The Balaban J connectivity index is 4.38. The van der Waals surface area contributed by atoms with Crippen LogP contribution in [0.3, 0.4) is 0 Å². The second-order valence-electron chi connectivity index (χ2n) is 13.3. The summed E-state index contributed by atoms with van der Waals surface area (Å²) >= 11 is 0. The van der Waals surface area contributed by atoms with Gasteiger partial charge in [-0.1, -0.05) is 122 Å². The van der Waals surface area contributed by atoms with Gasteiger partial charge in [0, 0.05) is 12.8 Å². The molecule has 0 aromatic carbocycles. The van der Waals surface area contributed by atoms with Gasteiger partial charge < -0.3 is 24.6 Å². The molecule has 50 heavy (non-hydrogen) atoms. The summed E-state index contributed by atoms with van der Waals surface area (Å²) in [4.78, 5) is 34.8. The fraction of sp³-hybridized carbons (Fsp3) is 0.846. The first-order chi connectivity index (χ1) is 24.2. The van der Waals surface area contributed by atoms with Gasteiger partial charge in [-0.2, -0.15) is 0 Å². The summed E-state index contributed by atoms with van der Waals surface area (Å²) in [5.41, 5.74) is 0. The zero-order valence-electron chi connectivity index (χ0n) is 31.6. The van der Waals surface area contributed by atoms with E-state index >= 15 is 0 Å². The maximum atomic E-state index is 12.5. The van der Waals surface area contributed by atoms with E-state index in [1.165, 1.54) is 57.8 Å². The molecular formula is C39H73O10P. The number of aliphatic hydroxyl groups is 2. The summed E-state index contributed by atoms with van der Waals surface area (Å²) in [5.74, 6) is -0.944. The van der Waals surface area contributed by atoms with Gasteiger partial charge in [0.2, 0.25) is 0 Å². The van der Waals surface area contributed by atoms with Gasteiger partial charge in [0.25, 0.3) is 0 Å². The standard InChI is InChI=1S/C39H73O10P/c1-3-5-7-9-11-13-15-17-19-21-23-25-27-29-31-39(43)49-37(35-48-50(44,45)47-33-36(41)32-40)34-46-38(42)30-28-26-24-22-20-18-16-14-12-10-8-6-4-2/h14-17,36-37,40-41H,3-13,18-35H2,1-2H3,(H,44,45)/b16-14+,17-15+/t36-,37+/m0/s1. The minimum absolute atomic E-state index is 0.174. The van der Waals surface area contributed by atoms with E-state index in [9.17, 15) is 24.2 Å². The van der Waals surface area contributed by atoms with Crippen LogP contribution in [0.2, 0.25) is 0 Å². The Kier molecular flexibility index (Phi) is 34.7. The van der Waals surface area contributed by atoms with Crippen LogP contribution in [0.25, 0.3) is 0 Å². The van der Waals surface area contributed by atoms with E-state index in [-0.39, 0.29) is 19.4 Å². The van der Waals surface area contributed by atoms with Crippen molar-refractivity contribution in [3.05, 3.63) is 24.3 Å². The first-order valence-corrected chi connectivity index (χ1v) is 21.3. The van der Waals surface area contributed by atoms with Crippen LogP contribution in [0.4, 0.5) is 0 Å². The number of allylic oxidation sites excluding steroid dienone is 4. The van der Waals surface area contributed by atoms with Crippen LogP contribution in [0.1, 0.15) is 174 Å². The topological polar surface area (TPSA) is 149 Å². The molecule has 3 N–H and O–H groups in total. The molecule has 0 bridgehead atoms. The van der Waals surface area contributed by atoms with Crippen LogP contribution in [-0.2, 0) is 32.7 Å². The Morgan fingerprint density at radius 3 is 1.46 bits per heavy atom. The number of hydrogen-bond acceptors (Lipinski definition) is 9. The number of phosphoric acid groups is 1. The molecule has 0 spiro atoms. The van der Waals surface area contributed by atoms with Gasteiger partial charge in [-0.05, 0) is 64.2 Å². The smallest absolute Gasteiger partial charge is 0.462 e. The van der Waals surface area contributed by atoms with Crippen molar-refractivity contribution in [1.82, 2.24) is 0 Å². The maximum absolute atomic E-state index is 12.5. The average Bonchev–Trinajstić information content (AvgIpc) is 3.10. The first-order valence-electron chi connectivity index (χ1n) is 19.8. The van der Waals surface area contributed by atoms with E-state index in [4.69, 9.17) is 19.1 Å². The Bertz CT molecular complexity index is 894. The molecule has 11 heteroatoms. The lowest BCUT2D eigenvalue weighted by atomic mass is 10.1. The molecule has 0 aromatic rings. The van der Waals surface area contributed by atoms with Gasteiger partial charge >= 0.3 is 19.8 Å². The van der Waals surface area contributed by atoms with E-state index in [0.717, 1.165) is 77.0 Å². The van der Waals surface area contributed by atoms with Crippen molar-refractivity contribution in [3.8, 4) is 0 Å². The highest BCUT2D eigenvalue weighted by Gasteiger charge is 2.27. The second kappa shape index (κ2) is 35.8. The molecule has 0 rings (SSSR count). The van der Waals surface area contributed by atoms with E-state index in [1.807, 2.05) is 0 Å². The molecule has 0 saturated heterocycles. The summed E-state index contributed by atoms with van der Waals surface area (Å²) < 4.78 is 32.6. The molecule has 294 valence electrons. The SMILES string of the molecule is CCCCCC/C=C/CCCCCCCC(=O)OC[C@H](COP(=O)(O)OC[C@@H](O)CO)OC(=O)CCCCCCC/C=C/CCCCCCC. The molecule has 0 radical (unpaired) electrons. The highest BCUT2D eigenvalue weighted by Crippen LogP contribution is 2.43. The lowest BCUT2D eigenvalue weighted by Gasteiger charge is -2.20. The number of hydrogen-bond donors (Lipinski definition) is 3. The Morgan fingerprint density at radius 2 is 0.980 bits per heavy atom. The monoisotopic (exact) mass is 732 g/mol. The molecule has 0 fully saturated rings. The summed E-state index contributed by atoms with van der Waals surface area (Å²) in [7, 11) is -4.61. The van der Waals surface area contributed by atoms with E-state index < -0.39 is 51.8 Å². The molecule has 0 aromatic heterocycles. The first kappa shape index (κ1) is 48.5. The lowest BCUT2D eigenvalue weighted by molar-refractivity contribution is -0.161. The third-order valence-electron chi connectivity index (χ3n) is 8.33. The van der Waals surface area contributed by atoms with Gasteiger partial charge in [0.05, 0.1) is 19.8 Å². The van der Waals surface area contributed by atoms with Gasteiger partial charge in [-0.25, -0.2) is 4.57 Å². The fourth-order valence-corrected chi connectivity index (χ4v) is 6.01. The minimum Gasteiger partial charge on any atom is -0.462 e. The fourth-order valence-electron chi connectivity index (χ4n) is 5.22. The molecule has 0 aliphatic heterocycles. The highest BCUT2D eigenvalue weighted by atomic mass is 31.2. The summed E-state index contributed by atoms with van der Waals surface area (Å²) in [6.45, 7) is 2.33. The Hall–Kier alpha value is -1.55. The average molecular weight is 733 g/mol. The molecule has 10 nitrogen and oxygen atoms in total. The van der Waals surface area contributed by atoms with Crippen LogP contribution >= 0.6 is 7.82 Å². The van der Waals surface area contributed by atoms with Gasteiger partial charge in [-0.3, -0.25) is 18.6 Å². The second-order valence-corrected chi connectivity index (χ2v) is 14.8. The van der Waals surface area contributed by atoms with Gasteiger partial charge in [0.1, 0.15) is 12.7 Å². The number of unbranched alkanes of at least 4 members (excludes halogenated alkanes) is 19. The van der Waals surface area contributed by atoms with Crippen LogP contribution in [0.5, 0.6) is 0 Å². The molecular weight excluding hydrogens is 659 g/mol. The molecule has 0 amide bonds. The Morgan fingerprint density at radius 1 is 0.580 bits per heavy atom. The number of phosphoric ester groups is 1. The number of ether oxygens (including phenoxy) is 2. The van der Waals surface area contributed by atoms with Crippen LogP contribution in [0.15, 0.2) is 24.3 Å².